The van der Waals surface area contributed by atoms with Crippen LogP contribution >= 0.6 is 0 Å². The van der Waals surface area contributed by atoms with Gasteiger partial charge in [-0.05, 0) is 77.8 Å². The van der Waals surface area contributed by atoms with Crippen LogP contribution in [0.25, 0.3) is 0 Å². The third kappa shape index (κ3) is 4.57. The molecule has 0 amide bonds. The summed E-state index contributed by atoms with van der Waals surface area (Å²) in [5.74, 6) is 1.87. The van der Waals surface area contributed by atoms with Crippen LogP contribution in [0.15, 0.2) is 0 Å². The summed E-state index contributed by atoms with van der Waals surface area (Å²) < 4.78 is 0. The maximum absolute atomic E-state index is 3.45. The van der Waals surface area contributed by atoms with Gasteiger partial charge in [-0.2, -0.15) is 0 Å². The Kier molecular flexibility index (Phi) is 5.26. The molecule has 2 saturated heterocycles. The molecule has 2 heterocycles. The smallest absolute Gasteiger partial charge is 0.00193 e. The normalized spacial score (nSPS) is 30.5. The zero-order valence-corrected chi connectivity index (χ0v) is 11.6. The first kappa shape index (κ1) is 13.3. The highest BCUT2D eigenvalue weighted by atomic mass is 15.1. The molecule has 2 rings (SSSR count). The van der Waals surface area contributed by atoms with Gasteiger partial charge in [0.2, 0.25) is 0 Å². The van der Waals surface area contributed by atoms with E-state index >= 15 is 0 Å². The monoisotopic (exact) mass is 239 g/mol. The molecule has 0 radical (unpaired) electrons. The van der Waals surface area contributed by atoms with Crippen LogP contribution in [0.2, 0.25) is 0 Å². The minimum Gasteiger partial charge on any atom is -0.316 e. The van der Waals surface area contributed by atoms with Gasteiger partial charge in [0.05, 0.1) is 0 Å². The van der Waals surface area contributed by atoms with Crippen LogP contribution < -0.4 is 5.32 Å². The number of rotatable bonds is 6. The molecule has 2 fully saturated rings. The quantitative estimate of drug-likeness (QED) is 0.753. The molecule has 3 nitrogen and oxygen atoms in total. The van der Waals surface area contributed by atoms with Crippen molar-refractivity contribution >= 4 is 0 Å². The molecular formula is C14H29N3. The van der Waals surface area contributed by atoms with Crippen molar-refractivity contribution in [3.8, 4) is 0 Å². The average Bonchev–Trinajstić information content (AvgIpc) is 2.90. The third-order valence-corrected chi connectivity index (χ3v) is 4.37. The average molecular weight is 239 g/mol. The van der Waals surface area contributed by atoms with Crippen LogP contribution in [-0.4, -0.2) is 63.2 Å². The van der Waals surface area contributed by atoms with Gasteiger partial charge in [-0.3, -0.25) is 0 Å². The Balaban J connectivity index is 1.52. The van der Waals surface area contributed by atoms with E-state index in [1.54, 1.807) is 0 Å². The molecule has 0 aromatic rings. The number of likely N-dealkylation sites (tertiary alicyclic amines) is 1. The molecule has 2 aliphatic heterocycles. The van der Waals surface area contributed by atoms with Crippen molar-refractivity contribution in [2.45, 2.75) is 25.7 Å². The van der Waals surface area contributed by atoms with Crippen LogP contribution in [0.3, 0.4) is 0 Å². The van der Waals surface area contributed by atoms with Crippen LogP contribution in [0, 0.1) is 11.8 Å². The molecule has 0 aliphatic carbocycles. The Morgan fingerprint density at radius 2 is 2.18 bits per heavy atom. The summed E-state index contributed by atoms with van der Waals surface area (Å²) in [7, 11) is 4.54. The first-order valence-electron chi connectivity index (χ1n) is 7.32. The molecule has 100 valence electrons. The molecule has 1 N–H and O–H groups in total. The predicted octanol–water partition coefficient (Wildman–Crippen LogP) is 1.26. The Hall–Kier alpha value is -0.120. The minimum atomic E-state index is 0.915. The summed E-state index contributed by atoms with van der Waals surface area (Å²) in [5, 5.41) is 3.45. The zero-order valence-electron chi connectivity index (χ0n) is 11.6. The molecule has 2 unspecified atom stereocenters. The molecule has 2 aliphatic rings. The molecule has 3 heteroatoms. The summed E-state index contributed by atoms with van der Waals surface area (Å²) in [5.41, 5.74) is 0. The lowest BCUT2D eigenvalue weighted by atomic mass is 10.0. The summed E-state index contributed by atoms with van der Waals surface area (Å²) in [6.45, 7) is 7.69. The van der Waals surface area contributed by atoms with Gasteiger partial charge in [-0.15, -0.1) is 0 Å². The molecule has 0 saturated carbocycles. The minimum absolute atomic E-state index is 0.915. The second kappa shape index (κ2) is 6.72. The molecule has 0 spiro atoms. The summed E-state index contributed by atoms with van der Waals surface area (Å²) >= 11 is 0. The SMILES string of the molecule is CN(CCCC1CCNC1)CC1CCN(C)C1. The predicted molar refractivity (Wildman–Crippen MR) is 73.3 cm³/mol. The standard InChI is InChI=1S/C14H29N3/c1-16(11-14-6-9-17(2)12-14)8-3-4-13-5-7-15-10-13/h13-15H,3-12H2,1-2H3. The zero-order chi connectivity index (χ0) is 12.1. The van der Waals surface area contributed by atoms with Crippen LogP contribution in [0.4, 0.5) is 0 Å². The van der Waals surface area contributed by atoms with E-state index in [1.807, 2.05) is 0 Å². The van der Waals surface area contributed by atoms with Crippen LogP contribution in [-0.2, 0) is 0 Å². The number of nitrogens with one attached hydrogen (secondary N) is 1. The Bertz CT molecular complexity index is 214. The number of nitrogens with zero attached hydrogens (tertiary/aromatic N) is 2. The van der Waals surface area contributed by atoms with Gasteiger partial charge in [0.15, 0.2) is 0 Å². The van der Waals surface area contributed by atoms with E-state index < -0.39 is 0 Å². The Morgan fingerprint density at radius 3 is 2.82 bits per heavy atom. The fraction of sp³-hybridized carbons (Fsp3) is 1.00. The van der Waals surface area contributed by atoms with E-state index in [2.05, 4.69) is 29.2 Å². The first-order valence-corrected chi connectivity index (χ1v) is 7.32. The summed E-state index contributed by atoms with van der Waals surface area (Å²) in [4.78, 5) is 5.01. The van der Waals surface area contributed by atoms with Crippen LogP contribution in [0.1, 0.15) is 25.7 Å². The first-order chi connectivity index (χ1) is 8.24. The van der Waals surface area contributed by atoms with E-state index in [0.717, 1.165) is 11.8 Å². The van der Waals surface area contributed by atoms with E-state index in [4.69, 9.17) is 0 Å². The molecular weight excluding hydrogens is 210 g/mol. The number of hydrogen-bond donors (Lipinski definition) is 1. The lowest BCUT2D eigenvalue weighted by Gasteiger charge is -2.21. The molecule has 0 aromatic carbocycles. The van der Waals surface area contributed by atoms with Gasteiger partial charge in [0, 0.05) is 13.1 Å². The van der Waals surface area contributed by atoms with E-state index in [-0.39, 0.29) is 0 Å². The fourth-order valence-electron chi connectivity index (χ4n) is 3.32. The highest BCUT2D eigenvalue weighted by Crippen LogP contribution is 2.17. The largest absolute Gasteiger partial charge is 0.316 e. The maximum Gasteiger partial charge on any atom is 0.00193 e. The lowest BCUT2D eigenvalue weighted by Crippen LogP contribution is -2.28. The van der Waals surface area contributed by atoms with Crippen molar-refractivity contribution in [2.75, 3.05) is 53.4 Å². The Labute approximate surface area is 107 Å². The van der Waals surface area contributed by atoms with Gasteiger partial charge in [0.1, 0.15) is 0 Å². The summed E-state index contributed by atoms with van der Waals surface area (Å²) in [6, 6.07) is 0. The van der Waals surface area contributed by atoms with Gasteiger partial charge in [-0.1, -0.05) is 0 Å². The molecule has 2 atom stereocenters. The third-order valence-electron chi connectivity index (χ3n) is 4.37. The summed E-state index contributed by atoms with van der Waals surface area (Å²) in [6.07, 6.45) is 5.60. The van der Waals surface area contributed by atoms with Gasteiger partial charge < -0.3 is 15.1 Å². The van der Waals surface area contributed by atoms with Gasteiger partial charge in [-0.25, -0.2) is 0 Å². The van der Waals surface area contributed by atoms with Crippen molar-refractivity contribution in [3.05, 3.63) is 0 Å². The molecule has 0 bridgehead atoms. The molecule has 17 heavy (non-hydrogen) atoms. The van der Waals surface area contributed by atoms with Crippen molar-refractivity contribution in [2.24, 2.45) is 11.8 Å². The second-order valence-corrected chi connectivity index (χ2v) is 6.18. The van der Waals surface area contributed by atoms with Crippen molar-refractivity contribution < 1.29 is 0 Å². The fourth-order valence-corrected chi connectivity index (χ4v) is 3.32. The van der Waals surface area contributed by atoms with E-state index in [0.29, 0.717) is 0 Å². The highest BCUT2D eigenvalue weighted by Gasteiger charge is 2.20. The lowest BCUT2D eigenvalue weighted by molar-refractivity contribution is 0.264. The Morgan fingerprint density at radius 1 is 1.29 bits per heavy atom. The highest BCUT2D eigenvalue weighted by molar-refractivity contribution is 4.76. The van der Waals surface area contributed by atoms with Crippen LogP contribution in [0.5, 0.6) is 0 Å². The van der Waals surface area contributed by atoms with Gasteiger partial charge in [0.25, 0.3) is 0 Å². The van der Waals surface area contributed by atoms with E-state index in [9.17, 15) is 0 Å². The molecule has 0 aromatic heterocycles. The van der Waals surface area contributed by atoms with Gasteiger partial charge >= 0.3 is 0 Å². The second-order valence-electron chi connectivity index (χ2n) is 6.18. The topological polar surface area (TPSA) is 18.5 Å². The van der Waals surface area contributed by atoms with Crippen molar-refractivity contribution in [1.82, 2.24) is 15.1 Å². The van der Waals surface area contributed by atoms with Crippen molar-refractivity contribution in [1.29, 1.82) is 0 Å². The maximum atomic E-state index is 3.45. The number of hydrogen-bond acceptors (Lipinski definition) is 3. The van der Waals surface area contributed by atoms with Crippen molar-refractivity contribution in [3.63, 3.8) is 0 Å². The van der Waals surface area contributed by atoms with E-state index in [1.165, 1.54) is 65.0 Å².